The van der Waals surface area contributed by atoms with Crippen molar-refractivity contribution >= 4 is 22.4 Å². The van der Waals surface area contributed by atoms with Gasteiger partial charge in [0.05, 0.1) is 12.8 Å². The summed E-state index contributed by atoms with van der Waals surface area (Å²) < 4.78 is 28.8. The van der Waals surface area contributed by atoms with Gasteiger partial charge in [-0.1, -0.05) is 29.4 Å². The van der Waals surface area contributed by atoms with E-state index in [1.54, 1.807) is 0 Å². The molecule has 7 nitrogen and oxygen atoms in total. The summed E-state index contributed by atoms with van der Waals surface area (Å²) in [6.07, 6.45) is 1.12. The molecule has 0 saturated heterocycles. The Kier molecular flexibility index (Phi) is 5.85. The van der Waals surface area contributed by atoms with Crippen molar-refractivity contribution in [1.29, 1.82) is 0 Å². The number of benzene rings is 1. The number of rotatable bonds is 5. The molecule has 1 heterocycles. The maximum atomic E-state index is 11.3. The smallest absolute Gasteiger partial charge is 0.242 e. The first-order valence-electron chi connectivity index (χ1n) is 5.93. The molecule has 2 aromatic rings. The third kappa shape index (κ3) is 4.50. The third-order valence-corrected chi connectivity index (χ3v) is 4.10. The fraction of sp³-hybridized carbons (Fsp3) is 0.333. The molecule has 0 aliphatic carbocycles. The van der Waals surface area contributed by atoms with E-state index >= 15 is 0 Å². The van der Waals surface area contributed by atoms with Gasteiger partial charge in [-0.25, -0.2) is 8.42 Å². The SMILES string of the molecule is CN(Cc1nc(-c2ccc(CN)cc2)no1)S(C)(=O)=O.Cl. The van der Waals surface area contributed by atoms with E-state index in [9.17, 15) is 8.42 Å². The van der Waals surface area contributed by atoms with Crippen LogP contribution in [0.2, 0.25) is 0 Å². The largest absolute Gasteiger partial charge is 0.338 e. The molecule has 1 aromatic heterocycles. The zero-order chi connectivity index (χ0) is 14.8. The van der Waals surface area contributed by atoms with Crippen LogP contribution in [0.25, 0.3) is 11.4 Å². The van der Waals surface area contributed by atoms with E-state index in [0.29, 0.717) is 12.4 Å². The molecule has 0 amide bonds. The summed E-state index contributed by atoms with van der Waals surface area (Å²) in [5.74, 6) is 0.668. The first kappa shape index (κ1) is 17.6. The van der Waals surface area contributed by atoms with E-state index < -0.39 is 10.0 Å². The quantitative estimate of drug-likeness (QED) is 0.876. The average molecular weight is 333 g/mol. The minimum Gasteiger partial charge on any atom is -0.338 e. The Morgan fingerprint density at radius 1 is 1.29 bits per heavy atom. The number of sulfonamides is 1. The van der Waals surface area contributed by atoms with E-state index in [0.717, 1.165) is 21.7 Å². The number of hydrogen-bond donors (Lipinski definition) is 1. The Morgan fingerprint density at radius 3 is 2.43 bits per heavy atom. The summed E-state index contributed by atoms with van der Waals surface area (Å²) in [7, 11) is -1.82. The van der Waals surface area contributed by atoms with Gasteiger partial charge in [0.1, 0.15) is 0 Å². The van der Waals surface area contributed by atoms with E-state index in [2.05, 4.69) is 10.1 Å². The second kappa shape index (κ2) is 6.99. The maximum Gasteiger partial charge on any atom is 0.242 e. The van der Waals surface area contributed by atoms with Crippen LogP contribution in [0.5, 0.6) is 0 Å². The van der Waals surface area contributed by atoms with Crippen LogP contribution in [-0.4, -0.2) is 36.2 Å². The van der Waals surface area contributed by atoms with Gasteiger partial charge in [-0.2, -0.15) is 9.29 Å². The first-order valence-corrected chi connectivity index (χ1v) is 7.78. The molecule has 1 aromatic carbocycles. The lowest BCUT2D eigenvalue weighted by atomic mass is 10.1. The van der Waals surface area contributed by atoms with Crippen molar-refractivity contribution < 1.29 is 12.9 Å². The highest BCUT2D eigenvalue weighted by Gasteiger charge is 2.16. The van der Waals surface area contributed by atoms with Crippen molar-refractivity contribution in [1.82, 2.24) is 14.4 Å². The molecule has 2 rings (SSSR count). The van der Waals surface area contributed by atoms with Gasteiger partial charge in [-0.3, -0.25) is 0 Å². The second-order valence-corrected chi connectivity index (χ2v) is 6.52. The normalized spacial score (nSPS) is 11.4. The van der Waals surface area contributed by atoms with Crippen LogP contribution in [0.3, 0.4) is 0 Å². The Morgan fingerprint density at radius 2 is 1.90 bits per heavy atom. The molecule has 0 radical (unpaired) electrons. The summed E-state index contributed by atoms with van der Waals surface area (Å²) in [6.45, 7) is 0.518. The Labute approximate surface area is 129 Å². The Hall–Kier alpha value is -1.48. The lowest BCUT2D eigenvalue weighted by Crippen LogP contribution is -2.25. The highest BCUT2D eigenvalue weighted by Crippen LogP contribution is 2.17. The highest BCUT2D eigenvalue weighted by molar-refractivity contribution is 7.88. The van der Waals surface area contributed by atoms with Crippen LogP contribution >= 0.6 is 12.4 Å². The molecule has 9 heteroatoms. The topological polar surface area (TPSA) is 102 Å². The summed E-state index contributed by atoms with van der Waals surface area (Å²) in [6, 6.07) is 7.45. The van der Waals surface area contributed by atoms with Crippen molar-refractivity contribution in [2.75, 3.05) is 13.3 Å². The van der Waals surface area contributed by atoms with Crippen LogP contribution in [0, 0.1) is 0 Å². The zero-order valence-electron chi connectivity index (χ0n) is 11.7. The van der Waals surface area contributed by atoms with Gasteiger partial charge >= 0.3 is 0 Å². The van der Waals surface area contributed by atoms with Gasteiger partial charge in [0.25, 0.3) is 0 Å². The minimum absolute atomic E-state index is 0. The first-order chi connectivity index (χ1) is 9.40. The molecular weight excluding hydrogens is 316 g/mol. The standard InChI is InChI=1S/C12H16N4O3S.ClH/c1-16(20(2,17)18)8-11-14-12(15-19-11)10-5-3-9(7-13)4-6-10;/h3-6H,7-8,13H2,1-2H3;1H. The molecule has 0 bridgehead atoms. The van der Waals surface area contributed by atoms with Gasteiger partial charge in [0.2, 0.25) is 21.7 Å². The van der Waals surface area contributed by atoms with Gasteiger partial charge < -0.3 is 10.3 Å². The Bertz CT molecular complexity index is 685. The lowest BCUT2D eigenvalue weighted by molar-refractivity contribution is 0.337. The number of nitrogens with two attached hydrogens (primary N) is 1. The number of halogens is 1. The van der Waals surface area contributed by atoms with Crippen LogP contribution < -0.4 is 5.73 Å². The molecule has 0 atom stereocenters. The van der Waals surface area contributed by atoms with Gasteiger partial charge in [0, 0.05) is 19.2 Å². The molecule has 0 unspecified atom stereocenters. The third-order valence-electron chi connectivity index (χ3n) is 2.84. The van der Waals surface area contributed by atoms with Crippen molar-refractivity contribution in [3.63, 3.8) is 0 Å². The van der Waals surface area contributed by atoms with E-state index in [4.69, 9.17) is 10.3 Å². The van der Waals surface area contributed by atoms with Crippen LogP contribution in [-0.2, 0) is 23.1 Å². The van der Waals surface area contributed by atoms with E-state index in [1.165, 1.54) is 7.05 Å². The Balaban J connectivity index is 0.00000220. The molecule has 0 saturated carbocycles. The van der Waals surface area contributed by atoms with Crippen LogP contribution in [0.4, 0.5) is 0 Å². The summed E-state index contributed by atoms with van der Waals surface area (Å²) in [5.41, 5.74) is 7.33. The number of aromatic nitrogens is 2. The van der Waals surface area contributed by atoms with Crippen molar-refractivity contribution in [2.24, 2.45) is 5.73 Å². The van der Waals surface area contributed by atoms with Gasteiger partial charge in [-0.05, 0) is 5.56 Å². The highest BCUT2D eigenvalue weighted by atomic mass is 35.5. The van der Waals surface area contributed by atoms with E-state index in [-0.39, 0.29) is 24.8 Å². The van der Waals surface area contributed by atoms with E-state index in [1.807, 2.05) is 24.3 Å². The number of hydrogen-bond acceptors (Lipinski definition) is 6. The zero-order valence-corrected chi connectivity index (χ0v) is 13.3. The minimum atomic E-state index is -3.27. The fourth-order valence-corrected chi connectivity index (χ4v) is 1.88. The molecule has 0 aliphatic heterocycles. The summed E-state index contributed by atoms with van der Waals surface area (Å²) >= 11 is 0. The molecule has 21 heavy (non-hydrogen) atoms. The summed E-state index contributed by atoms with van der Waals surface area (Å²) in [4.78, 5) is 4.17. The molecular formula is C12H17ClN4O3S. The average Bonchev–Trinajstić information content (AvgIpc) is 2.86. The number of nitrogens with zero attached hydrogens (tertiary/aromatic N) is 3. The molecule has 0 aliphatic rings. The predicted octanol–water partition coefficient (Wildman–Crippen LogP) is 1.01. The maximum absolute atomic E-state index is 11.3. The predicted molar refractivity (Wildman–Crippen MR) is 81.2 cm³/mol. The van der Waals surface area contributed by atoms with Gasteiger partial charge in [0.15, 0.2) is 0 Å². The van der Waals surface area contributed by atoms with Crippen molar-refractivity contribution in [3.8, 4) is 11.4 Å². The fourth-order valence-electron chi connectivity index (χ4n) is 1.53. The van der Waals surface area contributed by atoms with Gasteiger partial charge in [-0.15, -0.1) is 12.4 Å². The monoisotopic (exact) mass is 332 g/mol. The van der Waals surface area contributed by atoms with Crippen LogP contribution in [0.1, 0.15) is 11.5 Å². The van der Waals surface area contributed by atoms with Crippen LogP contribution in [0.15, 0.2) is 28.8 Å². The second-order valence-electron chi connectivity index (χ2n) is 4.43. The molecule has 2 N–H and O–H groups in total. The van der Waals surface area contributed by atoms with Crippen molar-refractivity contribution in [3.05, 3.63) is 35.7 Å². The molecule has 116 valence electrons. The lowest BCUT2D eigenvalue weighted by Gasteiger charge is -2.09. The van der Waals surface area contributed by atoms with Crippen molar-refractivity contribution in [2.45, 2.75) is 13.1 Å². The summed E-state index contributed by atoms with van der Waals surface area (Å²) in [5, 5.41) is 3.84. The molecule has 0 fully saturated rings. The molecule has 0 spiro atoms.